The van der Waals surface area contributed by atoms with Crippen LogP contribution in [0.2, 0.25) is 0 Å². The maximum absolute atomic E-state index is 11.7. The first-order valence-corrected chi connectivity index (χ1v) is 6.04. The number of carboxylic acids is 1. The third kappa shape index (κ3) is 4.57. The van der Waals surface area contributed by atoms with Gasteiger partial charge in [0.25, 0.3) is 0 Å². The molecule has 98 valence electrons. The van der Waals surface area contributed by atoms with Crippen LogP contribution in [-0.2, 0) is 16.0 Å². The molecule has 0 saturated heterocycles. The summed E-state index contributed by atoms with van der Waals surface area (Å²) < 4.78 is 0. The normalized spacial score (nSPS) is 10.1. The summed E-state index contributed by atoms with van der Waals surface area (Å²) in [7, 11) is 0. The van der Waals surface area contributed by atoms with Gasteiger partial charge in [0, 0.05) is 13.0 Å². The zero-order valence-corrected chi connectivity index (χ0v) is 10.8. The molecule has 1 aromatic rings. The first-order chi connectivity index (χ1) is 8.50. The first kappa shape index (κ1) is 14.2. The number of carboxylic acid groups (broad SMARTS) is 1. The average molecular weight is 249 g/mol. The molecule has 0 unspecified atom stereocenters. The van der Waals surface area contributed by atoms with E-state index < -0.39 is 5.97 Å². The van der Waals surface area contributed by atoms with Gasteiger partial charge >= 0.3 is 5.97 Å². The van der Waals surface area contributed by atoms with Gasteiger partial charge in [0.05, 0.1) is 6.42 Å². The molecule has 0 atom stereocenters. The van der Waals surface area contributed by atoms with Crippen LogP contribution < -0.4 is 5.32 Å². The van der Waals surface area contributed by atoms with E-state index in [1.807, 2.05) is 32.0 Å². The minimum Gasteiger partial charge on any atom is -0.481 e. The summed E-state index contributed by atoms with van der Waals surface area (Å²) in [6.07, 6.45) is 0.906. The number of rotatable bonds is 6. The third-order valence-corrected chi connectivity index (χ3v) is 2.87. The van der Waals surface area contributed by atoms with Crippen LogP contribution in [0.1, 0.15) is 29.5 Å². The Morgan fingerprint density at radius 2 is 1.83 bits per heavy atom. The highest BCUT2D eigenvalue weighted by Crippen LogP contribution is 2.13. The molecular formula is C14H19NO3. The van der Waals surface area contributed by atoms with E-state index in [4.69, 9.17) is 5.11 Å². The second-order valence-corrected chi connectivity index (χ2v) is 4.39. The summed E-state index contributed by atoms with van der Waals surface area (Å²) in [5, 5.41) is 11.2. The monoisotopic (exact) mass is 249 g/mol. The highest BCUT2D eigenvalue weighted by Gasteiger charge is 2.08. The molecule has 0 aliphatic rings. The number of aryl methyl sites for hydroxylation is 2. The molecule has 2 N–H and O–H groups in total. The number of amides is 1. The van der Waals surface area contributed by atoms with Crippen molar-refractivity contribution in [2.45, 2.75) is 33.1 Å². The average Bonchev–Trinajstić information content (AvgIpc) is 2.29. The van der Waals surface area contributed by atoms with E-state index in [9.17, 15) is 9.59 Å². The second-order valence-electron chi connectivity index (χ2n) is 4.39. The molecular weight excluding hydrogens is 230 g/mol. The summed E-state index contributed by atoms with van der Waals surface area (Å²) in [5.74, 6) is -0.892. The number of nitrogens with one attached hydrogen (secondary N) is 1. The predicted molar refractivity (Wildman–Crippen MR) is 69.5 cm³/mol. The van der Waals surface area contributed by atoms with Gasteiger partial charge in [0.15, 0.2) is 0 Å². The Bertz CT molecular complexity index is 420. The van der Waals surface area contributed by atoms with Crippen molar-refractivity contribution in [3.05, 3.63) is 34.9 Å². The van der Waals surface area contributed by atoms with Gasteiger partial charge in [-0.25, -0.2) is 0 Å². The maximum Gasteiger partial charge on any atom is 0.303 e. The fraction of sp³-hybridized carbons (Fsp3) is 0.429. The summed E-state index contributed by atoms with van der Waals surface area (Å²) in [6, 6.07) is 5.94. The summed E-state index contributed by atoms with van der Waals surface area (Å²) in [4.78, 5) is 22.0. The third-order valence-electron chi connectivity index (χ3n) is 2.87. The lowest BCUT2D eigenvalue weighted by Crippen LogP contribution is -2.27. The molecule has 18 heavy (non-hydrogen) atoms. The van der Waals surface area contributed by atoms with Crippen molar-refractivity contribution in [1.82, 2.24) is 5.32 Å². The Kier molecular flexibility index (Phi) is 5.36. The lowest BCUT2D eigenvalue weighted by Gasteiger charge is -2.09. The number of hydrogen-bond acceptors (Lipinski definition) is 2. The van der Waals surface area contributed by atoms with Gasteiger partial charge in [-0.05, 0) is 37.0 Å². The number of carbonyl (C=O) groups excluding carboxylic acids is 1. The molecule has 4 heteroatoms. The van der Waals surface area contributed by atoms with Gasteiger partial charge in [-0.15, -0.1) is 0 Å². The first-order valence-electron chi connectivity index (χ1n) is 6.04. The largest absolute Gasteiger partial charge is 0.481 e. The van der Waals surface area contributed by atoms with Gasteiger partial charge in [0.2, 0.25) is 5.91 Å². The molecule has 1 rings (SSSR count). The Hall–Kier alpha value is -1.84. The maximum atomic E-state index is 11.7. The van der Waals surface area contributed by atoms with Crippen LogP contribution >= 0.6 is 0 Å². The van der Waals surface area contributed by atoms with E-state index in [1.165, 1.54) is 0 Å². The van der Waals surface area contributed by atoms with Crippen LogP contribution in [0.25, 0.3) is 0 Å². The number of benzene rings is 1. The van der Waals surface area contributed by atoms with Gasteiger partial charge in [-0.2, -0.15) is 0 Å². The highest BCUT2D eigenvalue weighted by atomic mass is 16.4. The molecule has 0 bridgehead atoms. The SMILES string of the molecule is Cc1cccc(C)c1CC(=O)NCCCC(=O)O. The van der Waals surface area contributed by atoms with Crippen LogP contribution in [0.5, 0.6) is 0 Å². The van der Waals surface area contributed by atoms with Gasteiger partial charge < -0.3 is 10.4 Å². The number of hydrogen-bond donors (Lipinski definition) is 2. The highest BCUT2D eigenvalue weighted by molar-refractivity contribution is 5.79. The van der Waals surface area contributed by atoms with Crippen LogP contribution in [-0.4, -0.2) is 23.5 Å². The minimum atomic E-state index is -0.834. The van der Waals surface area contributed by atoms with E-state index in [-0.39, 0.29) is 12.3 Å². The Balaban J connectivity index is 2.43. The lowest BCUT2D eigenvalue weighted by molar-refractivity contribution is -0.137. The molecule has 0 heterocycles. The van der Waals surface area contributed by atoms with Crippen molar-refractivity contribution >= 4 is 11.9 Å². The molecule has 1 aromatic carbocycles. The predicted octanol–water partition coefficient (Wildman–Crippen LogP) is 1.83. The van der Waals surface area contributed by atoms with Crippen molar-refractivity contribution in [2.24, 2.45) is 0 Å². The van der Waals surface area contributed by atoms with Gasteiger partial charge in [0.1, 0.15) is 0 Å². The van der Waals surface area contributed by atoms with E-state index in [2.05, 4.69) is 5.32 Å². The van der Waals surface area contributed by atoms with E-state index >= 15 is 0 Å². The lowest BCUT2D eigenvalue weighted by atomic mass is 10.00. The Morgan fingerprint density at radius 1 is 1.22 bits per heavy atom. The van der Waals surface area contributed by atoms with E-state index in [0.29, 0.717) is 19.4 Å². The van der Waals surface area contributed by atoms with E-state index in [0.717, 1.165) is 16.7 Å². The Morgan fingerprint density at radius 3 is 2.39 bits per heavy atom. The molecule has 0 saturated carbocycles. The number of carbonyl (C=O) groups is 2. The van der Waals surface area contributed by atoms with Crippen molar-refractivity contribution < 1.29 is 14.7 Å². The standard InChI is InChI=1S/C14H19NO3/c1-10-5-3-6-11(2)12(10)9-13(16)15-8-4-7-14(17)18/h3,5-6H,4,7-9H2,1-2H3,(H,15,16)(H,17,18). The summed E-state index contributed by atoms with van der Waals surface area (Å²) in [6.45, 7) is 4.39. The van der Waals surface area contributed by atoms with Crippen LogP contribution in [0.4, 0.5) is 0 Å². The van der Waals surface area contributed by atoms with Crippen molar-refractivity contribution in [3.63, 3.8) is 0 Å². The van der Waals surface area contributed by atoms with Crippen LogP contribution in [0, 0.1) is 13.8 Å². The smallest absolute Gasteiger partial charge is 0.303 e. The summed E-state index contributed by atoms with van der Waals surface area (Å²) >= 11 is 0. The zero-order valence-electron chi connectivity index (χ0n) is 10.8. The Labute approximate surface area is 107 Å². The van der Waals surface area contributed by atoms with Crippen molar-refractivity contribution in [1.29, 1.82) is 0 Å². The topological polar surface area (TPSA) is 66.4 Å². The number of aliphatic carboxylic acids is 1. The molecule has 0 fully saturated rings. The minimum absolute atomic E-state index is 0.0576. The van der Waals surface area contributed by atoms with Crippen LogP contribution in [0.3, 0.4) is 0 Å². The van der Waals surface area contributed by atoms with Gasteiger partial charge in [-0.1, -0.05) is 18.2 Å². The van der Waals surface area contributed by atoms with Crippen molar-refractivity contribution in [3.8, 4) is 0 Å². The summed E-state index contributed by atoms with van der Waals surface area (Å²) in [5.41, 5.74) is 3.26. The zero-order chi connectivity index (χ0) is 13.5. The quantitative estimate of drug-likeness (QED) is 0.756. The van der Waals surface area contributed by atoms with Crippen molar-refractivity contribution in [2.75, 3.05) is 6.54 Å². The second kappa shape index (κ2) is 6.79. The van der Waals surface area contributed by atoms with E-state index in [1.54, 1.807) is 0 Å². The molecule has 0 radical (unpaired) electrons. The molecule has 0 spiro atoms. The molecule has 0 aliphatic carbocycles. The fourth-order valence-corrected chi connectivity index (χ4v) is 1.82. The fourth-order valence-electron chi connectivity index (χ4n) is 1.82. The molecule has 0 aliphatic heterocycles. The van der Waals surface area contributed by atoms with Crippen LogP contribution in [0.15, 0.2) is 18.2 Å². The van der Waals surface area contributed by atoms with Gasteiger partial charge in [-0.3, -0.25) is 9.59 Å². The molecule has 0 aromatic heterocycles. The molecule has 4 nitrogen and oxygen atoms in total. The molecule has 1 amide bonds.